The van der Waals surface area contributed by atoms with Crippen LogP contribution in [-0.2, 0) is 6.54 Å². The molecule has 1 aromatic carbocycles. The number of nitrogens with one attached hydrogen (secondary N) is 1. The SMILES string of the molecule is Cc1ccc(O)c(CNCC(O)c2c(F)cccc2F)n1. The number of aryl methyl sites for hydroxylation is 1. The van der Waals surface area contributed by atoms with E-state index >= 15 is 0 Å². The third-order valence-corrected chi connectivity index (χ3v) is 3.05. The van der Waals surface area contributed by atoms with E-state index in [1.807, 2.05) is 0 Å². The fraction of sp³-hybridized carbons (Fsp3) is 0.267. The van der Waals surface area contributed by atoms with Crippen LogP contribution in [0.5, 0.6) is 5.75 Å². The first kappa shape index (κ1) is 15.3. The Bertz CT molecular complexity index is 615. The van der Waals surface area contributed by atoms with Gasteiger partial charge in [0.2, 0.25) is 0 Å². The summed E-state index contributed by atoms with van der Waals surface area (Å²) >= 11 is 0. The van der Waals surface area contributed by atoms with E-state index in [9.17, 15) is 19.0 Å². The van der Waals surface area contributed by atoms with Gasteiger partial charge in [-0.05, 0) is 31.2 Å². The number of aliphatic hydroxyl groups is 1. The van der Waals surface area contributed by atoms with Crippen LogP contribution in [0, 0.1) is 18.6 Å². The third kappa shape index (κ3) is 3.74. The second-order valence-electron chi connectivity index (χ2n) is 4.70. The van der Waals surface area contributed by atoms with Crippen LogP contribution < -0.4 is 5.32 Å². The molecule has 0 spiro atoms. The molecule has 0 aliphatic heterocycles. The van der Waals surface area contributed by atoms with Crippen molar-refractivity contribution in [2.45, 2.75) is 19.6 Å². The van der Waals surface area contributed by atoms with Gasteiger partial charge in [0.1, 0.15) is 17.4 Å². The van der Waals surface area contributed by atoms with Gasteiger partial charge >= 0.3 is 0 Å². The number of aromatic hydroxyl groups is 1. The Morgan fingerprint density at radius 1 is 1.19 bits per heavy atom. The molecule has 0 radical (unpaired) electrons. The highest BCUT2D eigenvalue weighted by molar-refractivity contribution is 5.27. The highest BCUT2D eigenvalue weighted by Crippen LogP contribution is 2.20. The summed E-state index contributed by atoms with van der Waals surface area (Å²) in [5, 5.41) is 22.3. The van der Waals surface area contributed by atoms with Crippen molar-refractivity contribution in [2.75, 3.05) is 6.54 Å². The Balaban J connectivity index is 1.98. The standard InChI is InChI=1S/C15H16F2N2O2/c1-9-5-6-13(20)12(19-9)7-18-8-14(21)15-10(16)3-2-4-11(15)17/h2-6,14,18,20-21H,7-8H2,1H3. The predicted molar refractivity (Wildman–Crippen MR) is 73.7 cm³/mol. The predicted octanol–water partition coefficient (Wildman–Crippen LogP) is 2.20. The Hall–Kier alpha value is -2.05. The molecule has 0 saturated carbocycles. The molecule has 0 bridgehead atoms. The lowest BCUT2D eigenvalue weighted by Gasteiger charge is -2.14. The number of rotatable bonds is 5. The highest BCUT2D eigenvalue weighted by atomic mass is 19.1. The molecule has 112 valence electrons. The maximum Gasteiger partial charge on any atom is 0.138 e. The fourth-order valence-electron chi connectivity index (χ4n) is 1.99. The van der Waals surface area contributed by atoms with Crippen LogP contribution in [0.3, 0.4) is 0 Å². The Labute approximate surface area is 121 Å². The van der Waals surface area contributed by atoms with E-state index in [0.29, 0.717) is 5.69 Å². The number of pyridine rings is 1. The smallest absolute Gasteiger partial charge is 0.138 e. The van der Waals surface area contributed by atoms with E-state index in [4.69, 9.17) is 0 Å². The van der Waals surface area contributed by atoms with Crippen molar-refractivity contribution in [1.82, 2.24) is 10.3 Å². The Morgan fingerprint density at radius 2 is 1.86 bits per heavy atom. The molecule has 0 aliphatic carbocycles. The third-order valence-electron chi connectivity index (χ3n) is 3.05. The van der Waals surface area contributed by atoms with E-state index in [0.717, 1.165) is 17.8 Å². The summed E-state index contributed by atoms with van der Waals surface area (Å²) in [5.74, 6) is -1.55. The monoisotopic (exact) mass is 294 g/mol. The van der Waals surface area contributed by atoms with Gasteiger partial charge in [0, 0.05) is 18.8 Å². The maximum atomic E-state index is 13.5. The minimum Gasteiger partial charge on any atom is -0.506 e. The molecular formula is C15H16F2N2O2. The second-order valence-corrected chi connectivity index (χ2v) is 4.70. The molecule has 1 heterocycles. The van der Waals surface area contributed by atoms with Crippen molar-refractivity contribution in [1.29, 1.82) is 0 Å². The molecule has 2 aromatic rings. The van der Waals surface area contributed by atoms with Crippen LogP contribution in [0.25, 0.3) is 0 Å². The van der Waals surface area contributed by atoms with E-state index in [2.05, 4.69) is 10.3 Å². The van der Waals surface area contributed by atoms with Gasteiger partial charge in [-0.2, -0.15) is 0 Å². The van der Waals surface area contributed by atoms with Crippen LogP contribution >= 0.6 is 0 Å². The molecule has 1 aromatic heterocycles. The minimum absolute atomic E-state index is 0.0275. The van der Waals surface area contributed by atoms with E-state index in [-0.39, 0.29) is 24.4 Å². The van der Waals surface area contributed by atoms with E-state index in [1.165, 1.54) is 12.1 Å². The number of halogens is 2. The summed E-state index contributed by atoms with van der Waals surface area (Å²) in [6.07, 6.45) is -1.32. The number of hydrogen-bond acceptors (Lipinski definition) is 4. The zero-order valence-corrected chi connectivity index (χ0v) is 11.5. The van der Waals surface area contributed by atoms with Crippen LogP contribution in [0.1, 0.15) is 23.1 Å². The first-order chi connectivity index (χ1) is 9.99. The summed E-state index contributed by atoms with van der Waals surface area (Å²) < 4.78 is 27.0. The number of nitrogens with zero attached hydrogens (tertiary/aromatic N) is 1. The van der Waals surface area contributed by atoms with Crippen LogP contribution in [0.4, 0.5) is 8.78 Å². The first-order valence-corrected chi connectivity index (χ1v) is 6.47. The lowest BCUT2D eigenvalue weighted by Crippen LogP contribution is -2.23. The fourth-order valence-corrected chi connectivity index (χ4v) is 1.99. The van der Waals surface area contributed by atoms with Gasteiger partial charge in [-0.15, -0.1) is 0 Å². The zero-order valence-electron chi connectivity index (χ0n) is 11.5. The normalized spacial score (nSPS) is 12.4. The van der Waals surface area contributed by atoms with Crippen LogP contribution in [0.15, 0.2) is 30.3 Å². The molecule has 21 heavy (non-hydrogen) atoms. The van der Waals surface area contributed by atoms with Crippen LogP contribution in [0.2, 0.25) is 0 Å². The van der Waals surface area contributed by atoms with Gasteiger partial charge in [0.25, 0.3) is 0 Å². The zero-order chi connectivity index (χ0) is 15.4. The molecule has 0 fully saturated rings. The van der Waals surface area contributed by atoms with E-state index < -0.39 is 17.7 Å². The number of aliphatic hydroxyl groups excluding tert-OH is 1. The average Bonchev–Trinajstić information content (AvgIpc) is 2.42. The molecule has 2 rings (SSSR count). The number of benzene rings is 1. The molecule has 1 unspecified atom stereocenters. The molecule has 6 heteroatoms. The molecule has 0 aliphatic rings. The Kier molecular flexibility index (Phi) is 4.82. The number of aromatic nitrogens is 1. The summed E-state index contributed by atoms with van der Waals surface area (Å²) in [4.78, 5) is 4.14. The number of hydrogen-bond donors (Lipinski definition) is 3. The van der Waals surface area contributed by atoms with Crippen molar-refractivity contribution >= 4 is 0 Å². The van der Waals surface area contributed by atoms with Gasteiger partial charge in [-0.1, -0.05) is 6.07 Å². The summed E-state index contributed by atoms with van der Waals surface area (Å²) in [7, 11) is 0. The summed E-state index contributed by atoms with van der Waals surface area (Å²) in [6.45, 7) is 1.90. The van der Waals surface area contributed by atoms with Crippen molar-refractivity contribution < 1.29 is 19.0 Å². The average molecular weight is 294 g/mol. The molecular weight excluding hydrogens is 278 g/mol. The molecule has 0 saturated heterocycles. The highest BCUT2D eigenvalue weighted by Gasteiger charge is 2.17. The van der Waals surface area contributed by atoms with Gasteiger partial charge in [-0.3, -0.25) is 4.98 Å². The first-order valence-electron chi connectivity index (χ1n) is 6.47. The van der Waals surface area contributed by atoms with Crippen molar-refractivity contribution in [2.24, 2.45) is 0 Å². The quantitative estimate of drug-likeness (QED) is 0.791. The molecule has 0 amide bonds. The lowest BCUT2D eigenvalue weighted by atomic mass is 10.1. The Morgan fingerprint density at radius 3 is 2.52 bits per heavy atom. The van der Waals surface area contributed by atoms with Gasteiger partial charge < -0.3 is 15.5 Å². The van der Waals surface area contributed by atoms with Gasteiger partial charge in [0.05, 0.1) is 17.4 Å². The molecule has 3 N–H and O–H groups in total. The maximum absolute atomic E-state index is 13.5. The van der Waals surface area contributed by atoms with Gasteiger partial charge in [-0.25, -0.2) is 8.78 Å². The lowest BCUT2D eigenvalue weighted by molar-refractivity contribution is 0.164. The largest absolute Gasteiger partial charge is 0.506 e. The molecule has 4 nitrogen and oxygen atoms in total. The van der Waals surface area contributed by atoms with Crippen molar-refractivity contribution in [3.63, 3.8) is 0 Å². The van der Waals surface area contributed by atoms with Crippen molar-refractivity contribution in [3.8, 4) is 5.75 Å². The second kappa shape index (κ2) is 6.60. The van der Waals surface area contributed by atoms with E-state index in [1.54, 1.807) is 13.0 Å². The van der Waals surface area contributed by atoms with Gasteiger partial charge in [0.15, 0.2) is 0 Å². The minimum atomic E-state index is -1.32. The summed E-state index contributed by atoms with van der Waals surface area (Å²) in [6, 6.07) is 6.61. The topological polar surface area (TPSA) is 65.4 Å². The van der Waals surface area contributed by atoms with Crippen LogP contribution in [-0.4, -0.2) is 21.7 Å². The molecule has 1 atom stereocenters. The summed E-state index contributed by atoms with van der Waals surface area (Å²) in [5.41, 5.74) is 0.785. The van der Waals surface area contributed by atoms with Crippen molar-refractivity contribution in [3.05, 3.63) is 58.9 Å².